The summed E-state index contributed by atoms with van der Waals surface area (Å²) in [7, 11) is 0. The first-order chi connectivity index (χ1) is 5.37. The Morgan fingerprint density at radius 3 is 2.64 bits per heavy atom. The van der Waals surface area contributed by atoms with Gasteiger partial charge in [-0.15, -0.1) is 6.58 Å². The van der Waals surface area contributed by atoms with Crippen LogP contribution in [0.5, 0.6) is 0 Å². The molecule has 0 aliphatic heterocycles. The van der Waals surface area contributed by atoms with Crippen molar-refractivity contribution in [1.29, 1.82) is 0 Å². The van der Waals surface area contributed by atoms with E-state index < -0.39 is 0 Å². The Bertz CT molecular complexity index is 153. The Labute approximate surface area is 68.9 Å². The van der Waals surface area contributed by atoms with Crippen molar-refractivity contribution in [2.45, 2.75) is 38.1 Å². The van der Waals surface area contributed by atoms with E-state index in [1.165, 1.54) is 32.1 Å². The van der Waals surface area contributed by atoms with E-state index in [2.05, 4.69) is 11.9 Å². The molecule has 0 bridgehead atoms. The fourth-order valence-electron chi connectivity index (χ4n) is 2.47. The molecule has 62 valence electrons. The van der Waals surface area contributed by atoms with Crippen molar-refractivity contribution in [3.63, 3.8) is 0 Å². The van der Waals surface area contributed by atoms with E-state index in [0.29, 0.717) is 0 Å². The second-order valence-corrected chi connectivity index (χ2v) is 4.00. The minimum absolute atomic E-state index is 0.753. The van der Waals surface area contributed by atoms with Gasteiger partial charge in [0.1, 0.15) is 0 Å². The molecule has 11 heavy (non-hydrogen) atoms. The highest BCUT2D eigenvalue weighted by molar-refractivity contribution is 5.05. The summed E-state index contributed by atoms with van der Waals surface area (Å²) in [5.41, 5.74) is 0.753. The van der Waals surface area contributed by atoms with Gasteiger partial charge in [-0.05, 0) is 31.1 Å². The third-order valence-electron chi connectivity index (χ3n) is 3.53. The van der Waals surface area contributed by atoms with Crippen molar-refractivity contribution in [2.75, 3.05) is 6.54 Å². The van der Waals surface area contributed by atoms with Crippen LogP contribution in [0.15, 0.2) is 12.7 Å². The van der Waals surface area contributed by atoms with Crippen LogP contribution in [0, 0.1) is 5.41 Å². The maximum atomic E-state index is 3.72. The lowest BCUT2D eigenvalue weighted by atomic mass is 9.53. The normalized spacial score (nSPS) is 32.5. The Hall–Kier alpha value is -0.300. The number of hydrogen-bond acceptors (Lipinski definition) is 1. The Morgan fingerprint density at radius 2 is 2.27 bits per heavy atom. The summed E-state index contributed by atoms with van der Waals surface area (Å²) >= 11 is 0. The van der Waals surface area contributed by atoms with Crippen LogP contribution >= 0.6 is 0 Å². The van der Waals surface area contributed by atoms with E-state index in [1.54, 1.807) is 0 Å². The van der Waals surface area contributed by atoms with Gasteiger partial charge in [-0.25, -0.2) is 0 Å². The number of hydrogen-bond donors (Lipinski definition) is 1. The van der Waals surface area contributed by atoms with Crippen LogP contribution in [0.3, 0.4) is 0 Å². The molecule has 2 aliphatic rings. The van der Waals surface area contributed by atoms with E-state index in [-0.39, 0.29) is 0 Å². The molecule has 1 N–H and O–H groups in total. The van der Waals surface area contributed by atoms with Crippen LogP contribution < -0.4 is 5.32 Å². The van der Waals surface area contributed by atoms with Gasteiger partial charge < -0.3 is 5.32 Å². The van der Waals surface area contributed by atoms with Gasteiger partial charge in [-0.3, -0.25) is 0 Å². The Balaban J connectivity index is 1.81. The molecular weight excluding hydrogens is 134 g/mol. The van der Waals surface area contributed by atoms with Crippen LogP contribution in [0.2, 0.25) is 0 Å². The molecule has 2 aliphatic carbocycles. The third-order valence-corrected chi connectivity index (χ3v) is 3.53. The van der Waals surface area contributed by atoms with Crippen LogP contribution in [0.4, 0.5) is 0 Å². The summed E-state index contributed by atoms with van der Waals surface area (Å²) in [6.45, 7) is 4.71. The molecule has 0 amide bonds. The predicted octanol–water partition coefficient (Wildman–Crippen LogP) is 2.09. The van der Waals surface area contributed by atoms with Crippen molar-refractivity contribution in [1.82, 2.24) is 5.32 Å². The lowest BCUT2D eigenvalue weighted by Gasteiger charge is -2.56. The van der Waals surface area contributed by atoms with Gasteiger partial charge in [0, 0.05) is 12.6 Å². The second kappa shape index (κ2) is 2.63. The minimum Gasteiger partial charge on any atom is -0.310 e. The van der Waals surface area contributed by atoms with Crippen LogP contribution in [0.1, 0.15) is 32.1 Å². The van der Waals surface area contributed by atoms with E-state index in [4.69, 9.17) is 0 Å². The summed E-state index contributed by atoms with van der Waals surface area (Å²) < 4.78 is 0. The molecule has 1 unspecified atom stereocenters. The highest BCUT2D eigenvalue weighted by Crippen LogP contribution is 2.55. The smallest absolute Gasteiger partial charge is 0.0135 e. The Kier molecular flexibility index (Phi) is 1.76. The number of rotatable bonds is 3. The molecule has 0 radical (unpaired) electrons. The van der Waals surface area contributed by atoms with Crippen molar-refractivity contribution in [3.05, 3.63) is 12.7 Å². The minimum atomic E-state index is 0.753. The summed E-state index contributed by atoms with van der Waals surface area (Å²) in [5.74, 6) is 0. The summed E-state index contributed by atoms with van der Waals surface area (Å²) in [6, 6.07) is 0.828. The van der Waals surface area contributed by atoms with E-state index >= 15 is 0 Å². The highest BCUT2D eigenvalue weighted by atomic mass is 15.0. The van der Waals surface area contributed by atoms with Crippen LogP contribution in [-0.4, -0.2) is 12.6 Å². The number of nitrogens with one attached hydrogen (secondary N) is 1. The lowest BCUT2D eigenvalue weighted by molar-refractivity contribution is -0.0154. The fraction of sp³-hybridized carbons (Fsp3) is 0.800. The molecule has 1 spiro atoms. The first-order valence-electron chi connectivity index (χ1n) is 4.72. The highest BCUT2D eigenvalue weighted by Gasteiger charge is 2.49. The van der Waals surface area contributed by atoms with E-state index in [9.17, 15) is 0 Å². The molecule has 2 saturated carbocycles. The van der Waals surface area contributed by atoms with Crippen molar-refractivity contribution < 1.29 is 0 Å². The zero-order chi connectivity index (χ0) is 7.73. The SMILES string of the molecule is C=CCNC1CCC12CCC2. The summed E-state index contributed by atoms with van der Waals surface area (Å²) in [6.07, 6.45) is 9.25. The van der Waals surface area contributed by atoms with Crippen molar-refractivity contribution in [2.24, 2.45) is 5.41 Å². The van der Waals surface area contributed by atoms with Gasteiger partial charge in [-0.2, -0.15) is 0 Å². The van der Waals surface area contributed by atoms with Crippen LogP contribution in [0.25, 0.3) is 0 Å². The fourth-order valence-corrected chi connectivity index (χ4v) is 2.47. The summed E-state index contributed by atoms with van der Waals surface area (Å²) in [4.78, 5) is 0. The molecule has 0 aromatic carbocycles. The van der Waals surface area contributed by atoms with Gasteiger partial charge in [0.15, 0.2) is 0 Å². The zero-order valence-corrected chi connectivity index (χ0v) is 7.10. The van der Waals surface area contributed by atoms with Gasteiger partial charge >= 0.3 is 0 Å². The largest absolute Gasteiger partial charge is 0.310 e. The third kappa shape index (κ3) is 1.02. The average molecular weight is 151 g/mol. The standard InChI is InChI=1S/C10H17N/c1-2-8-11-9-4-7-10(9)5-3-6-10/h2,9,11H,1,3-8H2. The molecule has 0 aromatic heterocycles. The molecule has 2 rings (SSSR count). The molecule has 1 nitrogen and oxygen atoms in total. The van der Waals surface area contributed by atoms with E-state index in [0.717, 1.165) is 18.0 Å². The zero-order valence-electron chi connectivity index (χ0n) is 7.10. The second-order valence-electron chi connectivity index (χ2n) is 4.00. The van der Waals surface area contributed by atoms with Crippen LogP contribution in [-0.2, 0) is 0 Å². The Morgan fingerprint density at radius 1 is 1.45 bits per heavy atom. The maximum Gasteiger partial charge on any atom is 0.0135 e. The predicted molar refractivity (Wildman–Crippen MR) is 47.5 cm³/mol. The van der Waals surface area contributed by atoms with Crippen molar-refractivity contribution in [3.8, 4) is 0 Å². The molecule has 0 aromatic rings. The van der Waals surface area contributed by atoms with Crippen molar-refractivity contribution >= 4 is 0 Å². The van der Waals surface area contributed by atoms with Gasteiger partial charge in [0.25, 0.3) is 0 Å². The molecule has 2 fully saturated rings. The first-order valence-corrected chi connectivity index (χ1v) is 4.72. The molecule has 0 heterocycles. The van der Waals surface area contributed by atoms with E-state index in [1.807, 2.05) is 6.08 Å². The van der Waals surface area contributed by atoms with Gasteiger partial charge in [-0.1, -0.05) is 12.5 Å². The quantitative estimate of drug-likeness (QED) is 0.609. The average Bonchev–Trinajstić information content (AvgIpc) is 1.83. The molecule has 0 saturated heterocycles. The van der Waals surface area contributed by atoms with Gasteiger partial charge in [0.05, 0.1) is 0 Å². The van der Waals surface area contributed by atoms with Gasteiger partial charge in [0.2, 0.25) is 0 Å². The molecular formula is C10H17N. The summed E-state index contributed by atoms with van der Waals surface area (Å²) in [5, 5.41) is 3.54. The molecule has 1 atom stereocenters. The molecule has 1 heteroatoms. The lowest BCUT2D eigenvalue weighted by Crippen LogP contribution is -2.56. The first kappa shape index (κ1) is 7.35. The maximum absolute atomic E-state index is 3.72. The monoisotopic (exact) mass is 151 g/mol. The topological polar surface area (TPSA) is 12.0 Å².